The zero-order chi connectivity index (χ0) is 13.2. The van der Waals surface area contributed by atoms with Gasteiger partial charge < -0.3 is 4.90 Å². The molecule has 0 spiro atoms. The van der Waals surface area contributed by atoms with E-state index in [0.717, 1.165) is 18.7 Å². The number of piperidine rings is 1. The Morgan fingerprint density at radius 1 is 1.28 bits per heavy atom. The fourth-order valence-electron chi connectivity index (χ4n) is 2.32. The lowest BCUT2D eigenvalue weighted by Crippen LogP contribution is -2.40. The predicted molar refractivity (Wildman–Crippen MR) is 62.2 cm³/mol. The van der Waals surface area contributed by atoms with E-state index in [0.29, 0.717) is 13.1 Å². The van der Waals surface area contributed by atoms with E-state index in [1.54, 1.807) is 6.20 Å². The van der Waals surface area contributed by atoms with Crippen LogP contribution in [0.5, 0.6) is 0 Å². The molecule has 1 aliphatic rings. The molecule has 6 heteroatoms. The highest BCUT2D eigenvalue weighted by Crippen LogP contribution is 2.33. The topological polar surface area (TPSA) is 21.1 Å². The summed E-state index contributed by atoms with van der Waals surface area (Å²) in [4.78, 5) is 2.08. The van der Waals surface area contributed by atoms with Crippen LogP contribution in [0.4, 0.5) is 13.2 Å². The second-order valence-corrected chi connectivity index (χ2v) is 4.94. The molecule has 0 unspecified atom stereocenters. The number of hydrogen-bond donors (Lipinski definition) is 0. The van der Waals surface area contributed by atoms with Gasteiger partial charge in [-0.15, -0.1) is 0 Å². The summed E-state index contributed by atoms with van der Waals surface area (Å²) >= 11 is 0. The predicted octanol–water partition coefficient (Wildman–Crippen LogP) is 2.47. The van der Waals surface area contributed by atoms with Gasteiger partial charge in [0.15, 0.2) is 0 Å². The number of likely N-dealkylation sites (tertiary alicyclic amines) is 1. The molecule has 0 bridgehead atoms. The first-order chi connectivity index (χ1) is 8.45. The largest absolute Gasteiger partial charge is 0.391 e. The highest BCUT2D eigenvalue weighted by atomic mass is 19.4. The van der Waals surface area contributed by atoms with Gasteiger partial charge in [0.05, 0.1) is 18.7 Å². The molecule has 1 aromatic rings. The van der Waals surface area contributed by atoms with Gasteiger partial charge in [-0.05, 0) is 38.4 Å². The summed E-state index contributed by atoms with van der Waals surface area (Å²) in [5.41, 5.74) is 1.10. The van der Waals surface area contributed by atoms with Gasteiger partial charge in [-0.25, -0.2) is 0 Å². The van der Waals surface area contributed by atoms with Crippen LogP contribution in [0.1, 0.15) is 18.4 Å². The Morgan fingerprint density at radius 2 is 1.94 bits per heavy atom. The molecule has 1 aliphatic heterocycles. The minimum atomic E-state index is -4.02. The monoisotopic (exact) mass is 261 g/mol. The van der Waals surface area contributed by atoms with Crippen LogP contribution >= 0.6 is 0 Å². The molecule has 2 heterocycles. The molecule has 0 atom stereocenters. The first-order valence-electron chi connectivity index (χ1n) is 6.23. The number of aryl methyl sites for hydroxylation is 1. The summed E-state index contributed by atoms with van der Waals surface area (Å²) in [6, 6.07) is 0. The summed E-state index contributed by atoms with van der Waals surface area (Å²) in [6.45, 7) is 4.55. The van der Waals surface area contributed by atoms with E-state index < -0.39 is 12.1 Å². The Morgan fingerprint density at radius 3 is 2.44 bits per heavy atom. The molecule has 1 fully saturated rings. The van der Waals surface area contributed by atoms with Gasteiger partial charge in [0.25, 0.3) is 0 Å². The Labute approximate surface area is 105 Å². The fourth-order valence-corrected chi connectivity index (χ4v) is 2.32. The van der Waals surface area contributed by atoms with Crippen molar-refractivity contribution in [2.24, 2.45) is 5.92 Å². The van der Waals surface area contributed by atoms with Gasteiger partial charge in [-0.1, -0.05) is 0 Å². The van der Waals surface area contributed by atoms with Gasteiger partial charge in [0.2, 0.25) is 0 Å². The average molecular weight is 261 g/mol. The SMILES string of the molecule is Cc1cnn(CCN2CCC(C(F)(F)F)CC2)c1. The van der Waals surface area contributed by atoms with Crippen LogP contribution in [-0.4, -0.2) is 40.5 Å². The van der Waals surface area contributed by atoms with Crippen molar-refractivity contribution in [3.05, 3.63) is 18.0 Å². The second kappa shape index (κ2) is 5.30. The van der Waals surface area contributed by atoms with Crippen molar-refractivity contribution in [3.63, 3.8) is 0 Å². The van der Waals surface area contributed by atoms with Crippen molar-refractivity contribution in [1.82, 2.24) is 14.7 Å². The van der Waals surface area contributed by atoms with E-state index >= 15 is 0 Å². The average Bonchev–Trinajstić information content (AvgIpc) is 2.72. The first-order valence-corrected chi connectivity index (χ1v) is 6.23. The first kappa shape index (κ1) is 13.4. The zero-order valence-electron chi connectivity index (χ0n) is 10.5. The lowest BCUT2D eigenvalue weighted by molar-refractivity contribution is -0.185. The van der Waals surface area contributed by atoms with E-state index in [1.807, 2.05) is 17.8 Å². The number of alkyl halides is 3. The maximum atomic E-state index is 12.5. The van der Waals surface area contributed by atoms with E-state index in [4.69, 9.17) is 0 Å². The molecule has 0 saturated carbocycles. The molecule has 1 aromatic heterocycles. The van der Waals surface area contributed by atoms with Crippen molar-refractivity contribution in [2.75, 3.05) is 19.6 Å². The molecule has 0 amide bonds. The number of hydrogen-bond acceptors (Lipinski definition) is 2. The van der Waals surface area contributed by atoms with E-state index in [2.05, 4.69) is 10.00 Å². The number of nitrogens with zero attached hydrogens (tertiary/aromatic N) is 3. The van der Waals surface area contributed by atoms with Crippen LogP contribution in [-0.2, 0) is 6.54 Å². The normalized spacial score (nSPS) is 19.3. The molecule has 2 rings (SSSR count). The maximum absolute atomic E-state index is 12.5. The summed E-state index contributed by atoms with van der Waals surface area (Å²) in [6.07, 6.45) is 0.160. The number of halogens is 3. The van der Waals surface area contributed by atoms with Gasteiger partial charge in [-0.3, -0.25) is 4.68 Å². The quantitative estimate of drug-likeness (QED) is 0.833. The van der Waals surface area contributed by atoms with Crippen LogP contribution in [0.3, 0.4) is 0 Å². The third-order valence-electron chi connectivity index (χ3n) is 3.46. The van der Waals surface area contributed by atoms with Crippen LogP contribution in [0, 0.1) is 12.8 Å². The molecule has 0 aliphatic carbocycles. The van der Waals surface area contributed by atoms with E-state index in [-0.39, 0.29) is 12.8 Å². The third-order valence-corrected chi connectivity index (χ3v) is 3.46. The summed E-state index contributed by atoms with van der Waals surface area (Å²) in [7, 11) is 0. The summed E-state index contributed by atoms with van der Waals surface area (Å²) in [5.74, 6) is -1.11. The Kier molecular flexibility index (Phi) is 3.94. The van der Waals surface area contributed by atoms with Gasteiger partial charge in [-0.2, -0.15) is 18.3 Å². The lowest BCUT2D eigenvalue weighted by atomic mass is 9.96. The van der Waals surface area contributed by atoms with Crippen LogP contribution in [0.25, 0.3) is 0 Å². The summed E-state index contributed by atoms with van der Waals surface area (Å²) in [5, 5.41) is 4.16. The van der Waals surface area contributed by atoms with E-state index in [9.17, 15) is 13.2 Å². The molecule has 1 saturated heterocycles. The molecular formula is C12H18F3N3. The maximum Gasteiger partial charge on any atom is 0.391 e. The van der Waals surface area contributed by atoms with Crippen molar-refractivity contribution in [1.29, 1.82) is 0 Å². The molecule has 3 nitrogen and oxygen atoms in total. The molecule has 18 heavy (non-hydrogen) atoms. The number of rotatable bonds is 3. The van der Waals surface area contributed by atoms with Crippen molar-refractivity contribution >= 4 is 0 Å². The van der Waals surface area contributed by atoms with Crippen LogP contribution in [0.2, 0.25) is 0 Å². The second-order valence-electron chi connectivity index (χ2n) is 4.94. The standard InChI is InChI=1S/C12H18F3N3/c1-10-8-16-18(9-10)7-6-17-4-2-11(3-5-17)12(13,14)15/h8-9,11H,2-7H2,1H3. The minimum absolute atomic E-state index is 0.224. The van der Waals surface area contributed by atoms with Crippen LogP contribution < -0.4 is 0 Å². The highest BCUT2D eigenvalue weighted by Gasteiger charge is 2.40. The summed E-state index contributed by atoms with van der Waals surface area (Å²) < 4.78 is 39.3. The lowest BCUT2D eigenvalue weighted by Gasteiger charge is -2.32. The Balaban J connectivity index is 1.74. The molecule has 0 N–H and O–H groups in total. The van der Waals surface area contributed by atoms with Crippen LogP contribution in [0.15, 0.2) is 12.4 Å². The van der Waals surface area contributed by atoms with Gasteiger partial charge in [0, 0.05) is 12.7 Å². The zero-order valence-corrected chi connectivity index (χ0v) is 10.5. The smallest absolute Gasteiger partial charge is 0.301 e. The van der Waals surface area contributed by atoms with E-state index in [1.165, 1.54) is 0 Å². The Hall–Kier alpha value is -1.04. The van der Waals surface area contributed by atoms with Gasteiger partial charge in [0.1, 0.15) is 0 Å². The van der Waals surface area contributed by atoms with Gasteiger partial charge >= 0.3 is 6.18 Å². The molecular weight excluding hydrogens is 243 g/mol. The Bertz CT molecular complexity index is 378. The molecule has 0 aromatic carbocycles. The van der Waals surface area contributed by atoms with Crippen molar-refractivity contribution < 1.29 is 13.2 Å². The fraction of sp³-hybridized carbons (Fsp3) is 0.750. The molecule has 0 radical (unpaired) electrons. The highest BCUT2D eigenvalue weighted by molar-refractivity contribution is 4.99. The van der Waals surface area contributed by atoms with Crippen molar-refractivity contribution in [2.45, 2.75) is 32.5 Å². The third kappa shape index (κ3) is 3.48. The minimum Gasteiger partial charge on any atom is -0.301 e. The molecule has 102 valence electrons. The van der Waals surface area contributed by atoms with Crippen molar-refractivity contribution in [3.8, 4) is 0 Å². The number of aromatic nitrogens is 2.